The van der Waals surface area contributed by atoms with Gasteiger partial charge in [0, 0.05) is 28.9 Å². The van der Waals surface area contributed by atoms with E-state index in [0.717, 1.165) is 32.2 Å². The van der Waals surface area contributed by atoms with Crippen LogP contribution in [-0.4, -0.2) is 28.7 Å². The highest BCUT2D eigenvalue weighted by molar-refractivity contribution is 7.22. The minimum Gasteiger partial charge on any atom is -0.383 e. The first kappa shape index (κ1) is 25.7. The first-order valence-electron chi connectivity index (χ1n) is 9.27. The highest BCUT2D eigenvalue weighted by Gasteiger charge is 2.08. The third-order valence-electron chi connectivity index (χ3n) is 3.91. The third kappa shape index (κ3) is 6.58. The molecule has 0 atom stereocenters. The minimum atomic E-state index is 0. The Kier molecular flexibility index (Phi) is 9.55. The van der Waals surface area contributed by atoms with Gasteiger partial charge in [0.15, 0.2) is 5.13 Å². The second-order valence-electron chi connectivity index (χ2n) is 7.12. The fourth-order valence-corrected chi connectivity index (χ4v) is 3.62. The molecule has 2 aromatic carbocycles. The number of halogens is 2. The molecule has 1 aromatic heterocycles. The number of amidine groups is 2. The van der Waals surface area contributed by atoms with Crippen molar-refractivity contribution in [2.24, 2.45) is 21.5 Å². The zero-order chi connectivity index (χ0) is 20.3. The third-order valence-corrected chi connectivity index (χ3v) is 4.84. The van der Waals surface area contributed by atoms with E-state index in [1.807, 2.05) is 70.2 Å². The van der Waals surface area contributed by atoms with E-state index in [9.17, 15) is 0 Å². The normalized spacial score (nSPS) is 12.1. The monoisotopic (exact) mass is 466 g/mol. The summed E-state index contributed by atoms with van der Waals surface area (Å²) in [4.78, 5) is 13.4. The maximum absolute atomic E-state index is 6.08. The lowest BCUT2D eigenvalue weighted by Gasteiger charge is -2.06. The van der Waals surface area contributed by atoms with Crippen LogP contribution in [0.4, 0.5) is 10.8 Å². The molecule has 162 valence electrons. The van der Waals surface area contributed by atoms with Gasteiger partial charge in [0.25, 0.3) is 0 Å². The summed E-state index contributed by atoms with van der Waals surface area (Å²) in [5, 5.41) is 4.17. The van der Waals surface area contributed by atoms with Crippen LogP contribution >= 0.6 is 36.2 Å². The summed E-state index contributed by atoms with van der Waals surface area (Å²) >= 11 is 1.58. The summed E-state index contributed by atoms with van der Waals surface area (Å²) in [7, 11) is 0. The van der Waals surface area contributed by atoms with Gasteiger partial charge in [0.05, 0.1) is 10.2 Å². The first-order valence-corrected chi connectivity index (χ1v) is 10.1. The number of aliphatic imine (C=N–C) groups is 2. The van der Waals surface area contributed by atoms with Gasteiger partial charge in [0.2, 0.25) is 0 Å². The van der Waals surface area contributed by atoms with Gasteiger partial charge in [-0.05, 0) is 70.2 Å². The average molecular weight is 467 g/mol. The predicted octanol–water partition coefficient (Wildman–Crippen LogP) is 5.11. The van der Waals surface area contributed by atoms with Gasteiger partial charge in [-0.1, -0.05) is 11.3 Å². The number of nitrogens with two attached hydrogens (primary N) is 2. The van der Waals surface area contributed by atoms with Crippen molar-refractivity contribution < 1.29 is 0 Å². The van der Waals surface area contributed by atoms with Crippen LogP contribution in [-0.2, 0) is 0 Å². The van der Waals surface area contributed by atoms with Crippen LogP contribution in [0.25, 0.3) is 10.2 Å². The average Bonchev–Trinajstić information content (AvgIpc) is 3.02. The van der Waals surface area contributed by atoms with E-state index in [0.29, 0.717) is 11.7 Å². The first-order chi connectivity index (χ1) is 13.3. The molecular weight excluding hydrogens is 439 g/mol. The summed E-state index contributed by atoms with van der Waals surface area (Å²) in [6.07, 6.45) is 0. The smallest absolute Gasteiger partial charge is 0.188 e. The van der Waals surface area contributed by atoms with Crippen molar-refractivity contribution in [1.29, 1.82) is 0 Å². The van der Waals surface area contributed by atoms with Gasteiger partial charge in [-0.15, -0.1) is 24.8 Å². The lowest BCUT2D eigenvalue weighted by atomic mass is 10.2. The number of aromatic nitrogens is 1. The number of nitrogens with zero attached hydrogens (tertiary/aromatic N) is 3. The van der Waals surface area contributed by atoms with E-state index in [1.165, 1.54) is 0 Å². The molecule has 0 radical (unpaired) electrons. The standard InChI is InChI=1S/C21H26N6S.2ClH/c1-12(2)24-19(22)14-5-8-16(9-6-14)26-21-27-17-10-7-15(11-18(17)28-21)20(23)25-13(3)4;;/h5-13H,1-4H3,(H2,22,24)(H2,23,25)(H,26,27);2*1H. The maximum Gasteiger partial charge on any atom is 0.188 e. The SMILES string of the molecule is CC(C)N=C(N)c1ccc(Nc2nc3ccc(C(N)=NC(C)C)cc3s2)cc1.Cl.Cl. The number of nitrogens with one attached hydrogen (secondary N) is 1. The number of rotatable bonds is 6. The second-order valence-corrected chi connectivity index (χ2v) is 8.15. The van der Waals surface area contributed by atoms with Crippen LogP contribution < -0.4 is 16.8 Å². The molecule has 0 spiro atoms. The zero-order valence-corrected chi connectivity index (χ0v) is 19.9. The molecule has 0 fully saturated rings. The van der Waals surface area contributed by atoms with Crippen LogP contribution in [0.15, 0.2) is 52.4 Å². The van der Waals surface area contributed by atoms with Crippen molar-refractivity contribution >= 4 is 68.9 Å². The van der Waals surface area contributed by atoms with Crippen molar-refractivity contribution in [2.45, 2.75) is 39.8 Å². The molecule has 9 heteroatoms. The largest absolute Gasteiger partial charge is 0.383 e. The van der Waals surface area contributed by atoms with Crippen molar-refractivity contribution in [3.8, 4) is 0 Å². The number of fused-ring (bicyclic) bond motifs is 1. The molecule has 1 heterocycles. The Bertz CT molecular complexity index is 1030. The molecule has 0 saturated carbocycles. The van der Waals surface area contributed by atoms with E-state index in [1.54, 1.807) is 11.3 Å². The predicted molar refractivity (Wildman–Crippen MR) is 136 cm³/mol. The molecule has 0 aliphatic rings. The zero-order valence-electron chi connectivity index (χ0n) is 17.4. The number of hydrogen-bond acceptors (Lipinski definition) is 5. The minimum absolute atomic E-state index is 0. The molecule has 0 bridgehead atoms. The molecule has 3 rings (SSSR count). The molecule has 0 aliphatic heterocycles. The van der Waals surface area contributed by atoms with Crippen LogP contribution in [0, 0.1) is 0 Å². The van der Waals surface area contributed by atoms with Crippen LogP contribution in [0.1, 0.15) is 38.8 Å². The van der Waals surface area contributed by atoms with Gasteiger partial charge in [0.1, 0.15) is 11.7 Å². The topological polar surface area (TPSA) is 102 Å². The summed E-state index contributed by atoms with van der Waals surface area (Å²) < 4.78 is 1.06. The molecule has 0 saturated heterocycles. The van der Waals surface area contributed by atoms with Crippen molar-refractivity contribution in [1.82, 2.24) is 4.98 Å². The molecule has 0 aliphatic carbocycles. The Morgan fingerprint density at radius 2 is 1.40 bits per heavy atom. The van der Waals surface area contributed by atoms with Crippen LogP contribution in [0.3, 0.4) is 0 Å². The summed E-state index contributed by atoms with van der Waals surface area (Å²) in [5.41, 5.74) is 15.8. The van der Waals surface area contributed by atoms with Gasteiger partial charge >= 0.3 is 0 Å². The lowest BCUT2D eigenvalue weighted by molar-refractivity contribution is 0.834. The van der Waals surface area contributed by atoms with Crippen LogP contribution in [0.2, 0.25) is 0 Å². The van der Waals surface area contributed by atoms with E-state index in [-0.39, 0.29) is 36.9 Å². The molecule has 3 aromatic rings. The Hall–Kier alpha value is -2.35. The van der Waals surface area contributed by atoms with Gasteiger partial charge in [-0.25, -0.2) is 4.98 Å². The second kappa shape index (κ2) is 11.2. The van der Waals surface area contributed by atoms with Gasteiger partial charge < -0.3 is 16.8 Å². The van der Waals surface area contributed by atoms with Crippen molar-refractivity contribution in [3.05, 3.63) is 53.6 Å². The fraction of sp³-hybridized carbons (Fsp3) is 0.286. The number of anilines is 2. The molecular formula is C21H28Cl2N6S. The Labute approximate surface area is 193 Å². The Balaban J connectivity index is 0.00000225. The lowest BCUT2D eigenvalue weighted by Crippen LogP contribution is -2.15. The quantitative estimate of drug-likeness (QED) is 0.346. The van der Waals surface area contributed by atoms with E-state index >= 15 is 0 Å². The van der Waals surface area contributed by atoms with Crippen molar-refractivity contribution in [2.75, 3.05) is 5.32 Å². The Morgan fingerprint density at radius 3 is 1.97 bits per heavy atom. The molecule has 5 N–H and O–H groups in total. The van der Waals surface area contributed by atoms with E-state index in [2.05, 4.69) is 20.3 Å². The highest BCUT2D eigenvalue weighted by Crippen LogP contribution is 2.29. The summed E-state index contributed by atoms with van der Waals surface area (Å²) in [6.45, 7) is 8.02. The van der Waals surface area contributed by atoms with Gasteiger partial charge in [-0.2, -0.15) is 0 Å². The molecule has 30 heavy (non-hydrogen) atoms. The molecule has 0 unspecified atom stereocenters. The number of thiazole rings is 1. The number of hydrogen-bond donors (Lipinski definition) is 3. The Morgan fingerprint density at radius 1 is 0.867 bits per heavy atom. The molecule has 0 amide bonds. The summed E-state index contributed by atoms with van der Waals surface area (Å²) in [6, 6.07) is 14.2. The fourth-order valence-electron chi connectivity index (χ4n) is 2.69. The molecule has 6 nitrogen and oxygen atoms in total. The van der Waals surface area contributed by atoms with Crippen LogP contribution in [0.5, 0.6) is 0 Å². The number of benzene rings is 2. The maximum atomic E-state index is 6.08. The van der Waals surface area contributed by atoms with Gasteiger partial charge in [-0.3, -0.25) is 9.98 Å². The van der Waals surface area contributed by atoms with E-state index < -0.39 is 0 Å². The summed E-state index contributed by atoms with van der Waals surface area (Å²) in [5.74, 6) is 1.10. The van der Waals surface area contributed by atoms with E-state index in [4.69, 9.17) is 11.5 Å². The highest BCUT2D eigenvalue weighted by atomic mass is 35.5. The van der Waals surface area contributed by atoms with Crippen molar-refractivity contribution in [3.63, 3.8) is 0 Å².